The minimum atomic E-state index is -0.566. The Labute approximate surface area is 93.4 Å². The van der Waals surface area contributed by atoms with Gasteiger partial charge in [-0.25, -0.2) is 4.79 Å². The highest BCUT2D eigenvalue weighted by Gasteiger charge is 2.30. The van der Waals surface area contributed by atoms with Crippen molar-refractivity contribution in [2.75, 3.05) is 19.0 Å². The SMILES string of the molecule is CN(C)c1ccc(C2NC(=O)NC2=O)cc1. The molecule has 0 aliphatic carbocycles. The summed E-state index contributed by atoms with van der Waals surface area (Å²) in [6.45, 7) is 0. The highest BCUT2D eigenvalue weighted by molar-refractivity contribution is 6.04. The molecule has 1 aliphatic rings. The number of hydrogen-bond acceptors (Lipinski definition) is 3. The summed E-state index contributed by atoms with van der Waals surface area (Å²) in [6.07, 6.45) is 0. The maximum absolute atomic E-state index is 11.4. The second-order valence-electron chi connectivity index (χ2n) is 3.88. The molecular formula is C11H13N3O2. The van der Waals surface area contributed by atoms with Crippen molar-refractivity contribution in [1.29, 1.82) is 0 Å². The first-order chi connectivity index (χ1) is 7.58. The second-order valence-corrected chi connectivity index (χ2v) is 3.88. The molecule has 1 saturated heterocycles. The summed E-state index contributed by atoms with van der Waals surface area (Å²) >= 11 is 0. The van der Waals surface area contributed by atoms with Gasteiger partial charge in [-0.1, -0.05) is 12.1 Å². The molecule has 84 valence electrons. The fraction of sp³-hybridized carbons (Fsp3) is 0.273. The van der Waals surface area contributed by atoms with E-state index >= 15 is 0 Å². The number of amides is 3. The molecule has 5 nitrogen and oxygen atoms in total. The molecule has 1 unspecified atom stereocenters. The lowest BCUT2D eigenvalue weighted by Gasteiger charge is -2.14. The molecule has 1 heterocycles. The van der Waals surface area contributed by atoms with Crippen LogP contribution in [0.5, 0.6) is 0 Å². The van der Waals surface area contributed by atoms with Crippen molar-refractivity contribution >= 4 is 17.6 Å². The van der Waals surface area contributed by atoms with Crippen LogP contribution in [-0.2, 0) is 4.79 Å². The molecule has 2 N–H and O–H groups in total. The Kier molecular flexibility index (Phi) is 2.52. The lowest BCUT2D eigenvalue weighted by Crippen LogP contribution is -2.22. The zero-order valence-electron chi connectivity index (χ0n) is 9.15. The van der Waals surface area contributed by atoms with Crippen molar-refractivity contribution in [2.24, 2.45) is 0 Å². The number of carbonyl (C=O) groups is 2. The fourth-order valence-corrected chi connectivity index (χ4v) is 1.62. The molecule has 2 rings (SSSR count). The first kappa shape index (κ1) is 10.5. The summed E-state index contributed by atoms with van der Waals surface area (Å²) in [5, 5.41) is 4.76. The summed E-state index contributed by atoms with van der Waals surface area (Å²) in [5.41, 5.74) is 1.84. The number of hydrogen-bond donors (Lipinski definition) is 2. The number of rotatable bonds is 2. The fourth-order valence-electron chi connectivity index (χ4n) is 1.62. The van der Waals surface area contributed by atoms with Gasteiger partial charge in [0.1, 0.15) is 6.04 Å². The number of urea groups is 1. The molecule has 0 bridgehead atoms. The Hall–Kier alpha value is -2.04. The minimum absolute atomic E-state index is 0.303. The topological polar surface area (TPSA) is 61.4 Å². The van der Waals surface area contributed by atoms with Crippen LogP contribution in [0.3, 0.4) is 0 Å². The smallest absolute Gasteiger partial charge is 0.322 e. The predicted molar refractivity (Wildman–Crippen MR) is 60.2 cm³/mol. The van der Waals surface area contributed by atoms with Crippen molar-refractivity contribution < 1.29 is 9.59 Å². The molecule has 16 heavy (non-hydrogen) atoms. The van der Waals surface area contributed by atoms with Gasteiger partial charge in [-0.05, 0) is 17.7 Å². The summed E-state index contributed by atoms with van der Waals surface area (Å²) in [4.78, 5) is 24.3. The normalized spacial score (nSPS) is 19.2. The lowest BCUT2D eigenvalue weighted by atomic mass is 10.1. The van der Waals surface area contributed by atoms with Gasteiger partial charge in [0, 0.05) is 19.8 Å². The molecule has 3 amide bonds. The van der Waals surface area contributed by atoms with Crippen LogP contribution in [0.1, 0.15) is 11.6 Å². The highest BCUT2D eigenvalue weighted by Crippen LogP contribution is 2.19. The Bertz CT molecular complexity index is 425. The van der Waals surface area contributed by atoms with E-state index in [2.05, 4.69) is 10.6 Å². The Morgan fingerprint density at radius 3 is 2.19 bits per heavy atom. The van der Waals surface area contributed by atoms with Crippen molar-refractivity contribution in [2.45, 2.75) is 6.04 Å². The van der Waals surface area contributed by atoms with Gasteiger partial charge in [0.2, 0.25) is 0 Å². The monoisotopic (exact) mass is 219 g/mol. The summed E-state index contributed by atoms with van der Waals surface area (Å²) in [7, 11) is 3.89. The van der Waals surface area contributed by atoms with Crippen LogP contribution in [0, 0.1) is 0 Å². The van der Waals surface area contributed by atoms with Crippen LogP contribution in [0.25, 0.3) is 0 Å². The Morgan fingerprint density at radius 1 is 1.12 bits per heavy atom. The average molecular weight is 219 g/mol. The van der Waals surface area contributed by atoms with Crippen molar-refractivity contribution in [3.8, 4) is 0 Å². The third-order valence-corrected chi connectivity index (χ3v) is 2.52. The lowest BCUT2D eigenvalue weighted by molar-refractivity contribution is -0.120. The number of nitrogens with zero attached hydrogens (tertiary/aromatic N) is 1. The summed E-state index contributed by atoms with van der Waals surface area (Å²) in [5.74, 6) is -0.303. The summed E-state index contributed by atoms with van der Waals surface area (Å²) in [6, 6.07) is 6.49. The molecule has 1 aromatic carbocycles. The van der Waals surface area contributed by atoms with E-state index in [-0.39, 0.29) is 5.91 Å². The zero-order chi connectivity index (χ0) is 11.7. The second kappa shape index (κ2) is 3.84. The van der Waals surface area contributed by atoms with Crippen LogP contribution in [-0.4, -0.2) is 26.0 Å². The first-order valence-corrected chi connectivity index (χ1v) is 4.96. The van der Waals surface area contributed by atoms with Gasteiger partial charge in [0.25, 0.3) is 5.91 Å². The molecule has 0 radical (unpaired) electrons. The van der Waals surface area contributed by atoms with E-state index in [1.165, 1.54) is 0 Å². The van der Waals surface area contributed by atoms with Gasteiger partial charge >= 0.3 is 6.03 Å². The van der Waals surface area contributed by atoms with Gasteiger partial charge in [0.05, 0.1) is 0 Å². The van der Waals surface area contributed by atoms with Crippen LogP contribution in [0.15, 0.2) is 24.3 Å². The van der Waals surface area contributed by atoms with E-state index in [4.69, 9.17) is 0 Å². The van der Waals surface area contributed by atoms with E-state index in [0.717, 1.165) is 11.3 Å². The maximum Gasteiger partial charge on any atom is 0.322 e. The number of imide groups is 1. The highest BCUT2D eigenvalue weighted by atomic mass is 16.2. The van der Waals surface area contributed by atoms with Gasteiger partial charge in [-0.2, -0.15) is 0 Å². The third kappa shape index (κ3) is 1.84. The minimum Gasteiger partial charge on any atom is -0.378 e. The zero-order valence-corrected chi connectivity index (χ0v) is 9.15. The van der Waals surface area contributed by atoms with Gasteiger partial charge in [0.15, 0.2) is 0 Å². The number of anilines is 1. The largest absolute Gasteiger partial charge is 0.378 e. The Morgan fingerprint density at radius 2 is 1.75 bits per heavy atom. The van der Waals surface area contributed by atoms with E-state index in [1.807, 2.05) is 43.3 Å². The quantitative estimate of drug-likeness (QED) is 0.717. The van der Waals surface area contributed by atoms with Crippen LogP contribution in [0.4, 0.5) is 10.5 Å². The maximum atomic E-state index is 11.4. The molecule has 1 aromatic rings. The van der Waals surface area contributed by atoms with Crippen LogP contribution in [0.2, 0.25) is 0 Å². The van der Waals surface area contributed by atoms with Gasteiger partial charge in [-0.15, -0.1) is 0 Å². The van der Waals surface area contributed by atoms with Crippen molar-refractivity contribution in [1.82, 2.24) is 10.6 Å². The molecule has 1 aliphatic heterocycles. The van der Waals surface area contributed by atoms with Gasteiger partial charge in [-0.3, -0.25) is 10.1 Å². The molecule has 0 saturated carbocycles. The third-order valence-electron chi connectivity index (χ3n) is 2.52. The van der Waals surface area contributed by atoms with E-state index in [9.17, 15) is 9.59 Å². The first-order valence-electron chi connectivity index (χ1n) is 4.96. The van der Waals surface area contributed by atoms with Crippen LogP contribution >= 0.6 is 0 Å². The number of benzene rings is 1. The summed E-state index contributed by atoms with van der Waals surface area (Å²) < 4.78 is 0. The molecule has 0 spiro atoms. The average Bonchev–Trinajstić information content (AvgIpc) is 2.58. The predicted octanol–water partition coefficient (Wildman–Crippen LogP) is 0.633. The molecule has 1 fully saturated rings. The number of carbonyl (C=O) groups excluding carboxylic acids is 2. The molecular weight excluding hydrogens is 206 g/mol. The standard InChI is InChI=1S/C11H13N3O2/c1-14(2)8-5-3-7(4-6-8)9-10(15)13-11(16)12-9/h3-6,9H,1-2H3,(H2,12,13,15,16). The molecule has 5 heteroatoms. The van der Waals surface area contributed by atoms with E-state index in [0.29, 0.717) is 0 Å². The molecule has 0 aromatic heterocycles. The van der Waals surface area contributed by atoms with Gasteiger partial charge < -0.3 is 10.2 Å². The van der Waals surface area contributed by atoms with E-state index < -0.39 is 12.1 Å². The van der Waals surface area contributed by atoms with Crippen molar-refractivity contribution in [3.05, 3.63) is 29.8 Å². The van der Waals surface area contributed by atoms with Crippen molar-refractivity contribution in [3.63, 3.8) is 0 Å². The van der Waals surface area contributed by atoms with E-state index in [1.54, 1.807) is 0 Å². The Balaban J connectivity index is 2.22. The van der Waals surface area contributed by atoms with Crippen LogP contribution < -0.4 is 15.5 Å². The number of nitrogens with one attached hydrogen (secondary N) is 2. The molecule has 1 atom stereocenters.